The minimum atomic E-state index is -0.313. The Hall–Kier alpha value is -2.01. The van der Waals surface area contributed by atoms with Gasteiger partial charge >= 0.3 is 0 Å². The maximum Gasteiger partial charge on any atom is 0.187 e. The monoisotopic (exact) mass is 272 g/mol. The molecule has 1 N–H and O–H groups in total. The van der Waals surface area contributed by atoms with E-state index in [1.54, 1.807) is 0 Å². The Labute approximate surface area is 117 Å². The standard InChI is InChI=1S/C15H17FN4/c1-2-12-14(16)15(19-10-18-12)20-8-7-17-9-11-5-3-4-6-13(11)20/h3-6,10,17H,2,7-9H2,1H3. The van der Waals surface area contributed by atoms with E-state index in [0.717, 1.165) is 24.3 Å². The number of nitrogens with zero attached hydrogens (tertiary/aromatic N) is 3. The number of aromatic nitrogens is 2. The van der Waals surface area contributed by atoms with Crippen molar-refractivity contribution in [2.24, 2.45) is 0 Å². The van der Waals surface area contributed by atoms with Gasteiger partial charge in [0.1, 0.15) is 6.33 Å². The number of anilines is 2. The summed E-state index contributed by atoms with van der Waals surface area (Å²) in [7, 11) is 0. The predicted octanol–water partition coefficient (Wildman–Crippen LogP) is 2.42. The highest BCUT2D eigenvalue weighted by atomic mass is 19.1. The minimum Gasteiger partial charge on any atom is -0.322 e. The molecule has 1 aromatic carbocycles. The van der Waals surface area contributed by atoms with Gasteiger partial charge in [-0.1, -0.05) is 25.1 Å². The molecule has 0 amide bonds. The summed E-state index contributed by atoms with van der Waals surface area (Å²) in [6.07, 6.45) is 2.01. The van der Waals surface area contributed by atoms with Crippen LogP contribution in [0, 0.1) is 5.82 Å². The van der Waals surface area contributed by atoms with Crippen molar-refractivity contribution in [1.29, 1.82) is 0 Å². The molecule has 4 nitrogen and oxygen atoms in total. The molecule has 0 spiro atoms. The average molecular weight is 272 g/mol. The SMILES string of the molecule is CCc1ncnc(N2CCNCc3ccccc32)c1F. The Morgan fingerprint density at radius 2 is 2.15 bits per heavy atom. The van der Waals surface area contributed by atoms with E-state index in [9.17, 15) is 4.39 Å². The maximum absolute atomic E-state index is 14.5. The largest absolute Gasteiger partial charge is 0.322 e. The highest BCUT2D eigenvalue weighted by Crippen LogP contribution is 2.30. The van der Waals surface area contributed by atoms with Gasteiger partial charge in [0.15, 0.2) is 11.6 Å². The van der Waals surface area contributed by atoms with Crippen molar-refractivity contribution in [2.45, 2.75) is 19.9 Å². The molecule has 0 fully saturated rings. The highest BCUT2D eigenvalue weighted by Gasteiger charge is 2.21. The fourth-order valence-electron chi connectivity index (χ4n) is 2.51. The Morgan fingerprint density at radius 3 is 3.00 bits per heavy atom. The van der Waals surface area contributed by atoms with Crippen LogP contribution in [0.4, 0.5) is 15.9 Å². The molecule has 104 valence electrons. The lowest BCUT2D eigenvalue weighted by molar-refractivity contribution is 0.589. The zero-order valence-corrected chi connectivity index (χ0v) is 11.4. The van der Waals surface area contributed by atoms with Crippen molar-refractivity contribution in [2.75, 3.05) is 18.0 Å². The predicted molar refractivity (Wildman–Crippen MR) is 76.5 cm³/mol. The molecule has 0 aliphatic carbocycles. The molecule has 1 aliphatic rings. The Morgan fingerprint density at radius 1 is 1.30 bits per heavy atom. The van der Waals surface area contributed by atoms with Gasteiger partial charge in [-0.05, 0) is 18.1 Å². The van der Waals surface area contributed by atoms with Crippen LogP contribution in [0.15, 0.2) is 30.6 Å². The lowest BCUT2D eigenvalue weighted by atomic mass is 10.1. The van der Waals surface area contributed by atoms with Crippen LogP contribution < -0.4 is 10.2 Å². The Balaban J connectivity index is 2.10. The van der Waals surface area contributed by atoms with Gasteiger partial charge in [-0.25, -0.2) is 14.4 Å². The summed E-state index contributed by atoms with van der Waals surface area (Å²) in [5.41, 5.74) is 2.63. The molecule has 0 atom stereocenters. The number of benzene rings is 1. The van der Waals surface area contributed by atoms with E-state index in [2.05, 4.69) is 21.4 Å². The second-order valence-electron chi connectivity index (χ2n) is 4.77. The molecule has 0 saturated carbocycles. The molecule has 0 saturated heterocycles. The third-order valence-electron chi connectivity index (χ3n) is 3.54. The number of hydrogen-bond donors (Lipinski definition) is 1. The number of aryl methyl sites for hydroxylation is 1. The first-order valence-electron chi connectivity index (χ1n) is 6.86. The molecule has 5 heteroatoms. The molecule has 3 rings (SSSR count). The summed E-state index contributed by atoms with van der Waals surface area (Å²) in [4.78, 5) is 10.1. The Kier molecular flexibility index (Phi) is 3.60. The second-order valence-corrected chi connectivity index (χ2v) is 4.77. The molecule has 1 aliphatic heterocycles. The van der Waals surface area contributed by atoms with Crippen LogP contribution >= 0.6 is 0 Å². The first kappa shape index (κ1) is 13.0. The lowest BCUT2D eigenvalue weighted by Gasteiger charge is -2.24. The number of para-hydroxylation sites is 1. The van der Waals surface area contributed by atoms with Gasteiger partial charge in [-0.2, -0.15) is 0 Å². The van der Waals surface area contributed by atoms with Crippen LogP contribution in [0.2, 0.25) is 0 Å². The summed E-state index contributed by atoms with van der Waals surface area (Å²) < 4.78 is 14.5. The van der Waals surface area contributed by atoms with Crippen molar-refractivity contribution in [3.05, 3.63) is 47.7 Å². The quantitative estimate of drug-likeness (QED) is 0.911. The molecule has 2 heterocycles. The topological polar surface area (TPSA) is 41.1 Å². The number of rotatable bonds is 2. The highest BCUT2D eigenvalue weighted by molar-refractivity contribution is 5.65. The third kappa shape index (κ3) is 2.25. The number of halogens is 1. The van der Waals surface area contributed by atoms with Gasteiger partial charge in [0.05, 0.1) is 5.69 Å². The van der Waals surface area contributed by atoms with Crippen LogP contribution in [0.25, 0.3) is 0 Å². The van der Waals surface area contributed by atoms with Crippen molar-refractivity contribution < 1.29 is 4.39 Å². The van der Waals surface area contributed by atoms with Crippen molar-refractivity contribution in [3.63, 3.8) is 0 Å². The Bertz CT molecular complexity index is 615. The normalized spacial score (nSPS) is 14.8. The van der Waals surface area contributed by atoms with E-state index in [4.69, 9.17) is 0 Å². The molecular weight excluding hydrogens is 255 g/mol. The minimum absolute atomic E-state index is 0.313. The van der Waals surface area contributed by atoms with Crippen LogP contribution in [-0.4, -0.2) is 23.1 Å². The van der Waals surface area contributed by atoms with Gasteiger partial charge in [-0.15, -0.1) is 0 Å². The lowest BCUT2D eigenvalue weighted by Crippen LogP contribution is -2.26. The molecule has 20 heavy (non-hydrogen) atoms. The summed E-state index contributed by atoms with van der Waals surface area (Å²) in [5.74, 6) is 0.0553. The van der Waals surface area contributed by atoms with Gasteiger partial charge in [0.2, 0.25) is 0 Å². The number of nitrogens with one attached hydrogen (secondary N) is 1. The average Bonchev–Trinajstić information content (AvgIpc) is 2.70. The molecular formula is C15H17FN4. The summed E-state index contributed by atoms with van der Waals surface area (Å²) in [6, 6.07) is 8.03. The van der Waals surface area contributed by atoms with E-state index >= 15 is 0 Å². The van der Waals surface area contributed by atoms with Crippen LogP contribution in [0.1, 0.15) is 18.2 Å². The zero-order valence-electron chi connectivity index (χ0n) is 11.4. The van der Waals surface area contributed by atoms with Crippen molar-refractivity contribution in [3.8, 4) is 0 Å². The van der Waals surface area contributed by atoms with Crippen molar-refractivity contribution in [1.82, 2.24) is 15.3 Å². The molecule has 1 aromatic heterocycles. The number of hydrogen-bond acceptors (Lipinski definition) is 4. The molecule has 0 radical (unpaired) electrons. The molecule has 0 unspecified atom stereocenters. The molecule has 2 aromatic rings. The van der Waals surface area contributed by atoms with Crippen LogP contribution in [-0.2, 0) is 13.0 Å². The molecule has 0 bridgehead atoms. The first-order valence-corrected chi connectivity index (χ1v) is 6.86. The summed E-state index contributed by atoms with van der Waals surface area (Å²) in [6.45, 7) is 4.17. The number of fused-ring (bicyclic) bond motifs is 1. The summed E-state index contributed by atoms with van der Waals surface area (Å²) in [5, 5.41) is 3.34. The third-order valence-corrected chi connectivity index (χ3v) is 3.54. The van der Waals surface area contributed by atoms with Gasteiger partial charge in [0, 0.05) is 25.3 Å². The zero-order chi connectivity index (χ0) is 13.9. The van der Waals surface area contributed by atoms with E-state index in [1.807, 2.05) is 30.0 Å². The maximum atomic E-state index is 14.5. The van der Waals surface area contributed by atoms with Crippen LogP contribution in [0.5, 0.6) is 0 Å². The van der Waals surface area contributed by atoms with Gasteiger partial charge in [-0.3, -0.25) is 0 Å². The van der Waals surface area contributed by atoms with E-state index in [0.29, 0.717) is 24.5 Å². The van der Waals surface area contributed by atoms with E-state index < -0.39 is 0 Å². The van der Waals surface area contributed by atoms with Crippen molar-refractivity contribution >= 4 is 11.5 Å². The first-order chi connectivity index (χ1) is 9.81. The van der Waals surface area contributed by atoms with Gasteiger partial charge in [0.25, 0.3) is 0 Å². The van der Waals surface area contributed by atoms with E-state index in [-0.39, 0.29) is 5.82 Å². The fraction of sp³-hybridized carbons (Fsp3) is 0.333. The smallest absolute Gasteiger partial charge is 0.187 e. The van der Waals surface area contributed by atoms with Crippen LogP contribution in [0.3, 0.4) is 0 Å². The summed E-state index contributed by atoms with van der Waals surface area (Å²) >= 11 is 0. The second kappa shape index (κ2) is 5.54. The van der Waals surface area contributed by atoms with E-state index in [1.165, 1.54) is 6.33 Å². The van der Waals surface area contributed by atoms with Gasteiger partial charge < -0.3 is 10.2 Å². The fourth-order valence-corrected chi connectivity index (χ4v) is 2.51.